The van der Waals surface area contributed by atoms with Crippen LogP contribution in [0.1, 0.15) is 26.0 Å². The predicted molar refractivity (Wildman–Crippen MR) is 251 cm³/mol. The molecular weight excluding hydrogens is 1210 g/mol. The van der Waals surface area contributed by atoms with E-state index >= 15 is 0 Å². The molecule has 0 aliphatic carbocycles. The number of methoxy groups -OCH3 is 8. The number of anilines is 2. The average Bonchev–Trinajstić information content (AvgIpc) is 3.37. The third-order valence-electron chi connectivity index (χ3n) is 9.47. The Morgan fingerprint density at radius 1 is 0.696 bits per heavy atom. The summed E-state index contributed by atoms with van der Waals surface area (Å²) >= 11 is 3.01. The van der Waals surface area contributed by atoms with E-state index in [4.69, 9.17) is 66.9 Å². The molecule has 2 amide bonds. The van der Waals surface area contributed by atoms with Gasteiger partial charge in [0, 0.05) is 35.4 Å². The minimum atomic E-state index is -1.00. The molecule has 17 nitrogen and oxygen atoms in total. The Labute approximate surface area is 530 Å². The molecule has 0 unspecified atom stereocenters. The molecule has 2 fully saturated rings. The van der Waals surface area contributed by atoms with Gasteiger partial charge in [0.05, 0.1) is 94.2 Å². The number of amides is 2. The Morgan fingerprint density at radius 3 is 1.33 bits per heavy atom. The number of benzene rings is 4. The van der Waals surface area contributed by atoms with Gasteiger partial charge in [0.2, 0.25) is 11.5 Å². The Balaban J connectivity index is 0. The number of halogens is 2. The van der Waals surface area contributed by atoms with Crippen LogP contribution in [0.5, 0.6) is 57.5 Å². The Morgan fingerprint density at radius 2 is 1.04 bits per heavy atom. The second-order valence-corrected chi connectivity index (χ2v) is 13.4. The number of hydrogen-bond acceptors (Lipinski definition) is 15. The molecule has 0 aromatic heterocycles. The number of β-lactam (4-membered cyclic amide) rings is 2. The maximum atomic E-state index is 12.7. The van der Waals surface area contributed by atoms with Crippen LogP contribution in [0.3, 0.4) is 0 Å². The number of phenolic OH excluding ortho intramolecular Hbond substituents is 1. The van der Waals surface area contributed by atoms with E-state index in [0.717, 1.165) is 5.56 Å². The van der Waals surface area contributed by atoms with Crippen molar-refractivity contribution in [2.24, 2.45) is 0 Å². The maximum absolute atomic E-state index is 12.7. The molecule has 4 aromatic rings. The zero-order valence-electron chi connectivity index (χ0n) is 42.0. The first-order valence-corrected chi connectivity index (χ1v) is 20.2. The van der Waals surface area contributed by atoms with Gasteiger partial charge in [0.15, 0.2) is 46.0 Å². The molecule has 2 atom stereocenters. The van der Waals surface area contributed by atoms with Gasteiger partial charge in [-0.15, -0.1) is 12.8 Å². The summed E-state index contributed by atoms with van der Waals surface area (Å²) in [5, 5.41) is 19.2. The molecule has 21 heteroatoms. The Bertz CT molecular complexity index is 2440. The maximum Gasteiger partial charge on any atom is 1.00 e. The van der Waals surface area contributed by atoms with Gasteiger partial charge in [-0.2, -0.15) is 0 Å². The number of nitrogens with zero attached hydrogens (tertiary/aromatic N) is 2. The molecular formula is C48H52BrCs2FN2O15. The fourth-order valence-electron chi connectivity index (χ4n) is 6.58. The number of phenols is 1. The van der Waals surface area contributed by atoms with Crippen LogP contribution < -0.4 is 195 Å². The summed E-state index contributed by atoms with van der Waals surface area (Å²) in [7, 11) is 11.1. The number of alkyl halides is 2. The van der Waals surface area contributed by atoms with Crippen molar-refractivity contribution in [3.8, 4) is 82.2 Å². The first-order chi connectivity index (χ1) is 32.7. The molecule has 2 aliphatic rings. The van der Waals surface area contributed by atoms with Gasteiger partial charge < -0.3 is 59.3 Å². The third kappa shape index (κ3) is 16.2. The normalized spacial score (nSPS) is 13.7. The number of hydrogen-bond donors (Lipinski definition) is 1. The van der Waals surface area contributed by atoms with E-state index in [0.29, 0.717) is 85.2 Å². The minimum absolute atomic E-state index is 0. The van der Waals surface area contributed by atoms with Crippen molar-refractivity contribution >= 4 is 45.6 Å². The zero-order valence-corrected chi connectivity index (χ0v) is 54.2. The summed E-state index contributed by atoms with van der Waals surface area (Å²) in [6.45, 7) is 7.74. The van der Waals surface area contributed by atoms with Crippen LogP contribution in [0.15, 0.2) is 85.0 Å². The topological polar surface area (TPSA) is 193 Å². The van der Waals surface area contributed by atoms with Crippen molar-refractivity contribution < 1.29 is 217 Å². The fraction of sp³-hybridized carbons (Fsp3) is 0.271. The molecule has 6 rings (SSSR count). The van der Waals surface area contributed by atoms with Gasteiger partial charge in [-0.25, -0.2) is 0 Å². The summed E-state index contributed by atoms with van der Waals surface area (Å²) in [5.74, 6) is 8.41. The van der Waals surface area contributed by atoms with Crippen molar-refractivity contribution in [2.45, 2.75) is 12.1 Å². The summed E-state index contributed by atoms with van der Waals surface area (Å²) in [4.78, 5) is 39.7. The first-order valence-electron chi connectivity index (χ1n) is 19.7. The Hall–Kier alpha value is -3.64. The quantitative estimate of drug-likeness (QED) is 0.0331. The van der Waals surface area contributed by atoms with Gasteiger partial charge in [0.1, 0.15) is 6.61 Å². The van der Waals surface area contributed by atoms with Gasteiger partial charge in [0.25, 0.3) is 18.3 Å². The number of ether oxygens (including phenoxy) is 9. The van der Waals surface area contributed by atoms with Crippen LogP contribution in [0.25, 0.3) is 0 Å². The molecule has 2 aliphatic heterocycles. The number of carbonyl (C=O) groups excluding carboxylic acids is 3. The molecule has 2 saturated heterocycles. The van der Waals surface area contributed by atoms with E-state index in [9.17, 15) is 19.1 Å². The Kier molecular flexibility index (Phi) is 31.1. The molecule has 0 radical (unpaired) electrons. The van der Waals surface area contributed by atoms with Gasteiger partial charge in [-0.1, -0.05) is 53.1 Å². The molecule has 360 valence electrons. The second kappa shape index (κ2) is 33.9. The van der Waals surface area contributed by atoms with Crippen LogP contribution in [0.4, 0.5) is 15.8 Å². The van der Waals surface area contributed by atoms with E-state index < -0.39 is 13.2 Å². The largest absolute Gasteiger partial charge is 1.00 e. The fourth-order valence-corrected chi connectivity index (χ4v) is 6.58. The van der Waals surface area contributed by atoms with Crippen molar-refractivity contribution in [3.05, 3.63) is 96.1 Å². The standard InChI is InChI=1S/C23H23NO6.C20H21NO6.C3H3Br.CH3F.CH2O3.2Cs.H/c1-7-10-30-18-11-15(8-9-17(18)26-3)21-14(2)23(25)24(21)16-12-19(27-4)22(29-6)20(13-16)28-5;1-11-18(12-6-7-15(24-2)14(22)8-12)21(20(11)23)13-9-16(25-3)19(27-5)17(10-13)26-4;1-2-3-4;1-2;2-1-4-3;;;/h1,8-9,11-13,21H,2,10H2,3-6H3;6-10,18,22H,1H2,2-5H3;1H,3H2;1H3;1,3H;;;/q;;;;;2*+1;-1/p-1/t21-;18-;;;;;;/m11....../s1/i;;;1D;;;;. The smallest absolute Gasteiger partial charge is 1.00 e. The van der Waals surface area contributed by atoms with E-state index in [1.807, 2.05) is 6.07 Å². The van der Waals surface area contributed by atoms with Gasteiger partial charge in [-0.3, -0.25) is 28.6 Å². The zero-order chi connectivity index (χ0) is 51.1. The van der Waals surface area contributed by atoms with Crippen LogP contribution in [0, 0.1) is 24.7 Å². The van der Waals surface area contributed by atoms with E-state index in [1.54, 1.807) is 71.5 Å². The van der Waals surface area contributed by atoms with Crippen molar-refractivity contribution in [3.63, 3.8) is 0 Å². The third-order valence-corrected chi connectivity index (χ3v) is 9.79. The van der Waals surface area contributed by atoms with Gasteiger partial charge >= 0.3 is 138 Å². The van der Waals surface area contributed by atoms with Crippen molar-refractivity contribution in [2.75, 3.05) is 85.8 Å². The van der Waals surface area contributed by atoms with Crippen molar-refractivity contribution in [1.82, 2.24) is 0 Å². The number of rotatable bonds is 15. The molecule has 0 spiro atoms. The second-order valence-electron chi connectivity index (χ2n) is 12.8. The predicted octanol–water partition coefficient (Wildman–Crippen LogP) is 0.603. The van der Waals surface area contributed by atoms with Crippen molar-refractivity contribution in [1.29, 1.82) is 0 Å². The van der Waals surface area contributed by atoms with Gasteiger partial charge in [-0.05, 0) is 35.4 Å². The molecule has 1 N–H and O–H groups in total. The molecule has 2 heterocycles. The summed E-state index contributed by atoms with van der Waals surface area (Å²) < 4.78 is 63.8. The number of aromatic hydroxyl groups is 1. The van der Waals surface area contributed by atoms with Crippen LogP contribution in [-0.4, -0.2) is 99.4 Å². The minimum Gasteiger partial charge on any atom is -1.00 e. The van der Waals surface area contributed by atoms with Crippen LogP contribution in [0.2, 0.25) is 0 Å². The summed E-state index contributed by atoms with van der Waals surface area (Å²) in [6.07, 6.45) is 10.0. The average molecular weight is 1260 g/mol. The molecule has 4 aromatic carbocycles. The van der Waals surface area contributed by atoms with E-state index in [2.05, 4.69) is 45.8 Å². The number of carbonyl (C=O) groups is 3. The van der Waals surface area contributed by atoms with E-state index in [-0.39, 0.29) is 176 Å². The SMILES string of the molecule is C#CCBr.C#CCOc1cc([C@H]2C(=C)C(=O)N2c2cc(OC)c(OC)c(OC)c2)ccc1OC.C=C1C(=O)N(c2cc(OC)c(OC)c(OC)c2)[C@H]1c1ccc(OC)c(O)c1.O=CO[O-].[2H]CF.[Cs+].[Cs+].[H-]. The summed E-state index contributed by atoms with van der Waals surface area (Å²) in [5.41, 5.74) is 3.56. The first kappa shape index (κ1) is 63.4. The number of terminal acetylenes is 2. The van der Waals surface area contributed by atoms with E-state index in [1.165, 1.54) is 49.8 Å². The molecule has 0 saturated carbocycles. The van der Waals surface area contributed by atoms with Crippen LogP contribution >= 0.6 is 15.9 Å². The molecule has 69 heavy (non-hydrogen) atoms. The van der Waals surface area contributed by atoms with Crippen LogP contribution in [-0.2, 0) is 19.3 Å². The summed E-state index contributed by atoms with van der Waals surface area (Å²) in [6, 6.07) is 16.4. The molecule has 0 bridgehead atoms. The monoisotopic (exact) mass is 1260 g/mol.